The number of hydrogen-bond donors (Lipinski definition) is 0. The quantitative estimate of drug-likeness (QED) is 0.864. The van der Waals surface area contributed by atoms with Crippen LogP contribution in [0.4, 0.5) is 4.39 Å². The van der Waals surface area contributed by atoms with Gasteiger partial charge < -0.3 is 13.9 Å². The summed E-state index contributed by atoms with van der Waals surface area (Å²) in [4.78, 5) is 0. The molecule has 0 saturated carbocycles. The van der Waals surface area contributed by atoms with Crippen molar-refractivity contribution in [1.82, 2.24) is 10.2 Å². The van der Waals surface area contributed by atoms with Crippen LogP contribution in [-0.4, -0.2) is 17.0 Å². The number of ether oxygens (including phenoxy) is 2. The molecule has 5 nitrogen and oxygen atoms in total. The molecule has 0 saturated heterocycles. The smallest absolute Gasteiger partial charge is 0.226 e. The fourth-order valence-corrected chi connectivity index (χ4v) is 2.84. The van der Waals surface area contributed by atoms with E-state index in [1.807, 2.05) is 0 Å². The summed E-state index contributed by atoms with van der Waals surface area (Å²) in [5.74, 6) is 2.77. The summed E-state index contributed by atoms with van der Waals surface area (Å²) in [7, 11) is 0. The maximum Gasteiger partial charge on any atom is 0.226 e. The number of benzene rings is 1. The minimum absolute atomic E-state index is 0.207. The first-order valence-corrected chi connectivity index (χ1v) is 7.26. The molecular formula is C13H13FN2O3S. The number of hydrogen-bond acceptors (Lipinski definition) is 6. The maximum atomic E-state index is 13.5. The molecule has 1 aliphatic rings. The van der Waals surface area contributed by atoms with Crippen LogP contribution >= 0.6 is 11.8 Å². The summed E-state index contributed by atoms with van der Waals surface area (Å²) < 4.78 is 29.5. The molecule has 3 rings (SSSR count). The van der Waals surface area contributed by atoms with E-state index in [2.05, 4.69) is 10.2 Å². The zero-order chi connectivity index (χ0) is 13.9. The van der Waals surface area contributed by atoms with Gasteiger partial charge in [0.25, 0.3) is 0 Å². The van der Waals surface area contributed by atoms with Crippen molar-refractivity contribution in [3.05, 3.63) is 40.9 Å². The SMILES string of the molecule is Cc1nnc(CSCc2cc(F)cc3c2OCOC3)o1. The highest BCUT2D eigenvalue weighted by molar-refractivity contribution is 7.97. The fourth-order valence-electron chi connectivity index (χ4n) is 2.01. The van der Waals surface area contributed by atoms with Crippen molar-refractivity contribution in [3.63, 3.8) is 0 Å². The number of thioether (sulfide) groups is 1. The molecule has 0 fully saturated rings. The molecule has 7 heteroatoms. The van der Waals surface area contributed by atoms with Gasteiger partial charge in [-0.2, -0.15) is 0 Å². The molecule has 1 aliphatic heterocycles. The second kappa shape index (κ2) is 5.80. The number of nitrogens with zero attached hydrogens (tertiary/aromatic N) is 2. The molecule has 2 aromatic rings. The summed E-state index contributed by atoms with van der Waals surface area (Å²) in [6.07, 6.45) is 0. The average Bonchev–Trinajstić information content (AvgIpc) is 2.84. The Morgan fingerprint density at radius 2 is 2.20 bits per heavy atom. The number of aryl methyl sites for hydroxylation is 1. The molecule has 0 bridgehead atoms. The summed E-state index contributed by atoms with van der Waals surface area (Å²) >= 11 is 1.57. The largest absolute Gasteiger partial charge is 0.467 e. The Balaban J connectivity index is 1.69. The van der Waals surface area contributed by atoms with Gasteiger partial charge in [-0.25, -0.2) is 4.39 Å². The Kier molecular flexibility index (Phi) is 3.88. The Bertz CT molecular complexity index is 618. The second-order valence-electron chi connectivity index (χ2n) is 4.37. The van der Waals surface area contributed by atoms with Gasteiger partial charge in [0, 0.05) is 23.8 Å². The zero-order valence-corrected chi connectivity index (χ0v) is 11.7. The third-order valence-corrected chi connectivity index (χ3v) is 3.77. The van der Waals surface area contributed by atoms with E-state index >= 15 is 0 Å². The van der Waals surface area contributed by atoms with Crippen molar-refractivity contribution in [2.24, 2.45) is 0 Å². The van der Waals surface area contributed by atoms with Crippen LogP contribution in [0.15, 0.2) is 16.5 Å². The summed E-state index contributed by atoms with van der Waals surface area (Å²) in [6, 6.07) is 2.94. The Hall–Kier alpha value is -1.60. The molecule has 106 valence electrons. The van der Waals surface area contributed by atoms with E-state index in [0.717, 1.165) is 16.9 Å². The molecule has 2 heterocycles. The van der Waals surface area contributed by atoms with Gasteiger partial charge in [0.15, 0.2) is 6.79 Å². The third-order valence-electron chi connectivity index (χ3n) is 2.80. The minimum Gasteiger partial charge on any atom is -0.467 e. The topological polar surface area (TPSA) is 57.4 Å². The van der Waals surface area contributed by atoms with Gasteiger partial charge in [0.2, 0.25) is 11.8 Å². The van der Waals surface area contributed by atoms with Crippen LogP contribution in [-0.2, 0) is 22.8 Å². The summed E-state index contributed by atoms with van der Waals surface area (Å²) in [6.45, 7) is 2.34. The van der Waals surface area contributed by atoms with Crippen LogP contribution in [0.5, 0.6) is 5.75 Å². The third kappa shape index (κ3) is 2.94. The van der Waals surface area contributed by atoms with Crippen molar-refractivity contribution in [2.75, 3.05) is 6.79 Å². The summed E-state index contributed by atoms with van der Waals surface area (Å²) in [5.41, 5.74) is 1.57. The molecule has 1 aromatic heterocycles. The van der Waals surface area contributed by atoms with E-state index in [1.165, 1.54) is 12.1 Å². The monoisotopic (exact) mass is 296 g/mol. The highest BCUT2D eigenvalue weighted by Gasteiger charge is 2.17. The van der Waals surface area contributed by atoms with Crippen molar-refractivity contribution in [3.8, 4) is 5.75 Å². The van der Waals surface area contributed by atoms with Crippen LogP contribution in [0, 0.1) is 12.7 Å². The van der Waals surface area contributed by atoms with Gasteiger partial charge in [0.05, 0.1) is 12.4 Å². The van der Waals surface area contributed by atoms with Gasteiger partial charge in [-0.15, -0.1) is 22.0 Å². The van der Waals surface area contributed by atoms with E-state index < -0.39 is 0 Å². The highest BCUT2D eigenvalue weighted by atomic mass is 32.2. The molecule has 0 unspecified atom stereocenters. The minimum atomic E-state index is -0.276. The molecule has 0 spiro atoms. The molecule has 0 N–H and O–H groups in total. The lowest BCUT2D eigenvalue weighted by Crippen LogP contribution is -2.13. The molecule has 0 atom stereocenters. The first-order chi connectivity index (χ1) is 9.72. The number of aromatic nitrogens is 2. The van der Waals surface area contributed by atoms with Gasteiger partial charge in [-0.05, 0) is 12.1 Å². The van der Waals surface area contributed by atoms with Crippen molar-refractivity contribution in [1.29, 1.82) is 0 Å². The highest BCUT2D eigenvalue weighted by Crippen LogP contribution is 2.32. The first kappa shape index (κ1) is 13.4. The van der Waals surface area contributed by atoms with Crippen LogP contribution in [0.1, 0.15) is 22.9 Å². The zero-order valence-electron chi connectivity index (χ0n) is 10.9. The van der Waals surface area contributed by atoms with E-state index in [0.29, 0.717) is 29.9 Å². The maximum absolute atomic E-state index is 13.5. The van der Waals surface area contributed by atoms with E-state index in [-0.39, 0.29) is 12.6 Å². The molecule has 20 heavy (non-hydrogen) atoms. The lowest BCUT2D eigenvalue weighted by atomic mass is 10.1. The summed E-state index contributed by atoms with van der Waals surface area (Å²) in [5, 5.41) is 7.68. The van der Waals surface area contributed by atoms with Gasteiger partial charge in [0.1, 0.15) is 11.6 Å². The van der Waals surface area contributed by atoms with E-state index in [4.69, 9.17) is 13.9 Å². The average molecular weight is 296 g/mol. The lowest BCUT2D eigenvalue weighted by molar-refractivity contribution is -0.0171. The van der Waals surface area contributed by atoms with Gasteiger partial charge in [-0.3, -0.25) is 0 Å². The molecular weight excluding hydrogens is 283 g/mol. The Morgan fingerprint density at radius 1 is 1.30 bits per heavy atom. The van der Waals surface area contributed by atoms with E-state index in [1.54, 1.807) is 18.7 Å². The second-order valence-corrected chi connectivity index (χ2v) is 5.36. The molecule has 0 aliphatic carbocycles. The van der Waals surface area contributed by atoms with Crippen molar-refractivity contribution in [2.45, 2.75) is 25.0 Å². The predicted molar refractivity (Wildman–Crippen MR) is 70.7 cm³/mol. The lowest BCUT2D eigenvalue weighted by Gasteiger charge is -2.20. The Morgan fingerprint density at radius 3 is 3.00 bits per heavy atom. The number of fused-ring (bicyclic) bond motifs is 1. The Labute approximate surface area is 119 Å². The number of halogens is 1. The van der Waals surface area contributed by atoms with E-state index in [9.17, 15) is 4.39 Å². The normalized spacial score (nSPS) is 13.9. The standard InChI is InChI=1S/C13H13FN2O3S/c1-8-15-16-12(19-8)6-20-5-10-3-11(14)2-9-4-17-7-18-13(9)10/h2-3H,4-7H2,1H3. The number of rotatable bonds is 4. The first-order valence-electron chi connectivity index (χ1n) is 6.11. The van der Waals surface area contributed by atoms with Crippen LogP contribution < -0.4 is 4.74 Å². The van der Waals surface area contributed by atoms with Crippen molar-refractivity contribution >= 4 is 11.8 Å². The van der Waals surface area contributed by atoms with Crippen LogP contribution in [0.2, 0.25) is 0 Å². The molecule has 0 radical (unpaired) electrons. The van der Waals surface area contributed by atoms with Gasteiger partial charge >= 0.3 is 0 Å². The van der Waals surface area contributed by atoms with Crippen LogP contribution in [0.25, 0.3) is 0 Å². The molecule has 1 aromatic carbocycles. The van der Waals surface area contributed by atoms with Gasteiger partial charge in [-0.1, -0.05) is 0 Å². The predicted octanol–water partition coefficient (Wildman–Crippen LogP) is 2.82. The van der Waals surface area contributed by atoms with Crippen molar-refractivity contribution < 1.29 is 18.3 Å². The molecule has 0 amide bonds. The fraction of sp³-hybridized carbons (Fsp3) is 0.385. The van der Waals surface area contributed by atoms with Crippen LogP contribution in [0.3, 0.4) is 0 Å².